The molecule has 140 valence electrons. The fraction of sp³-hybridized carbons (Fsp3) is 0.588. The van der Waals surface area contributed by atoms with Crippen LogP contribution < -0.4 is 10.1 Å². The predicted octanol–water partition coefficient (Wildman–Crippen LogP) is 0.915. The van der Waals surface area contributed by atoms with Crippen molar-refractivity contribution in [1.82, 2.24) is 14.5 Å². The normalized spacial score (nSPS) is 18.1. The first-order valence-electron chi connectivity index (χ1n) is 8.44. The highest BCUT2D eigenvalue weighted by Crippen LogP contribution is 2.21. The Kier molecular flexibility index (Phi) is 6.42. The molecule has 1 amide bonds. The lowest BCUT2D eigenvalue weighted by Crippen LogP contribution is -2.55. The number of piperazine rings is 1. The van der Waals surface area contributed by atoms with Crippen LogP contribution in [-0.4, -0.2) is 68.9 Å². The van der Waals surface area contributed by atoms with Gasteiger partial charge >= 0.3 is 0 Å². The number of benzene rings is 1. The van der Waals surface area contributed by atoms with Crippen molar-refractivity contribution in [1.29, 1.82) is 0 Å². The van der Waals surface area contributed by atoms with E-state index in [4.69, 9.17) is 4.74 Å². The van der Waals surface area contributed by atoms with E-state index in [2.05, 4.69) is 5.32 Å². The molecular weight excluding hydrogens is 342 g/mol. The Morgan fingerprint density at radius 1 is 1.08 bits per heavy atom. The summed E-state index contributed by atoms with van der Waals surface area (Å²) in [6.45, 7) is 7.49. The molecule has 8 heteroatoms. The molecule has 0 aromatic heterocycles. The maximum atomic E-state index is 12.7. The third-order valence-electron chi connectivity index (χ3n) is 4.33. The number of carbonyl (C=O) groups is 1. The zero-order valence-corrected chi connectivity index (χ0v) is 16.0. The minimum Gasteiger partial charge on any atom is -0.497 e. The summed E-state index contributed by atoms with van der Waals surface area (Å²) in [5, 5.41) is 2.89. The van der Waals surface area contributed by atoms with Crippen LogP contribution in [0.3, 0.4) is 0 Å². The quantitative estimate of drug-likeness (QED) is 0.807. The Morgan fingerprint density at radius 3 is 2.12 bits per heavy atom. The van der Waals surface area contributed by atoms with Crippen LogP contribution >= 0.6 is 0 Å². The van der Waals surface area contributed by atoms with Crippen LogP contribution in [0.15, 0.2) is 29.2 Å². The van der Waals surface area contributed by atoms with E-state index in [1.54, 1.807) is 31.4 Å². The van der Waals surface area contributed by atoms with Crippen molar-refractivity contribution >= 4 is 15.9 Å². The fourth-order valence-corrected chi connectivity index (χ4v) is 4.22. The molecule has 1 atom stereocenters. The van der Waals surface area contributed by atoms with Crippen molar-refractivity contribution in [2.75, 3.05) is 33.3 Å². The van der Waals surface area contributed by atoms with Crippen LogP contribution in [0.25, 0.3) is 0 Å². The third kappa shape index (κ3) is 4.71. The molecule has 0 aliphatic carbocycles. The maximum absolute atomic E-state index is 12.7. The van der Waals surface area contributed by atoms with Crippen molar-refractivity contribution in [2.24, 2.45) is 0 Å². The molecule has 7 nitrogen and oxygen atoms in total. The van der Waals surface area contributed by atoms with Crippen LogP contribution in [-0.2, 0) is 14.8 Å². The number of nitrogens with zero attached hydrogens (tertiary/aromatic N) is 2. The summed E-state index contributed by atoms with van der Waals surface area (Å²) in [6.07, 6.45) is 0. The monoisotopic (exact) mass is 369 g/mol. The molecule has 1 aliphatic heterocycles. The molecule has 1 fully saturated rings. The number of nitrogens with one attached hydrogen (secondary N) is 1. The highest BCUT2D eigenvalue weighted by atomic mass is 32.2. The van der Waals surface area contributed by atoms with Crippen LogP contribution in [0.2, 0.25) is 0 Å². The van der Waals surface area contributed by atoms with Gasteiger partial charge in [-0.3, -0.25) is 9.69 Å². The van der Waals surface area contributed by atoms with Gasteiger partial charge in [0.15, 0.2) is 0 Å². The Balaban J connectivity index is 1.99. The molecule has 1 aromatic rings. The van der Waals surface area contributed by atoms with Crippen molar-refractivity contribution in [2.45, 2.75) is 37.8 Å². The number of carbonyl (C=O) groups excluding carboxylic acids is 1. The van der Waals surface area contributed by atoms with Crippen molar-refractivity contribution in [3.63, 3.8) is 0 Å². The summed E-state index contributed by atoms with van der Waals surface area (Å²) < 4.78 is 32.0. The Bertz CT molecular complexity index is 680. The van der Waals surface area contributed by atoms with Crippen molar-refractivity contribution in [3.8, 4) is 5.75 Å². The smallest absolute Gasteiger partial charge is 0.243 e. The van der Waals surface area contributed by atoms with E-state index in [0.29, 0.717) is 31.9 Å². The van der Waals surface area contributed by atoms with Gasteiger partial charge < -0.3 is 10.1 Å². The van der Waals surface area contributed by atoms with Gasteiger partial charge in [-0.05, 0) is 45.0 Å². The van der Waals surface area contributed by atoms with Gasteiger partial charge in [-0.1, -0.05) is 0 Å². The average Bonchev–Trinajstić information content (AvgIpc) is 2.60. The summed E-state index contributed by atoms with van der Waals surface area (Å²) >= 11 is 0. The van der Waals surface area contributed by atoms with E-state index in [1.807, 2.05) is 25.7 Å². The maximum Gasteiger partial charge on any atom is 0.243 e. The van der Waals surface area contributed by atoms with Gasteiger partial charge in [-0.25, -0.2) is 8.42 Å². The molecule has 1 aliphatic rings. The second-order valence-electron chi connectivity index (χ2n) is 6.45. The minimum absolute atomic E-state index is 0.0264. The highest BCUT2D eigenvalue weighted by molar-refractivity contribution is 7.89. The molecule has 25 heavy (non-hydrogen) atoms. The summed E-state index contributed by atoms with van der Waals surface area (Å²) in [7, 11) is -1.98. The van der Waals surface area contributed by atoms with Gasteiger partial charge in [0.05, 0.1) is 18.0 Å². The molecule has 2 rings (SSSR count). The van der Waals surface area contributed by atoms with E-state index in [1.165, 1.54) is 4.31 Å². The largest absolute Gasteiger partial charge is 0.497 e. The Labute approximate surface area is 150 Å². The zero-order valence-electron chi connectivity index (χ0n) is 15.2. The Morgan fingerprint density at radius 2 is 1.64 bits per heavy atom. The van der Waals surface area contributed by atoms with Crippen molar-refractivity contribution in [3.05, 3.63) is 24.3 Å². The van der Waals surface area contributed by atoms with E-state index in [-0.39, 0.29) is 22.9 Å². The molecule has 0 unspecified atom stereocenters. The van der Waals surface area contributed by atoms with Crippen LogP contribution in [0.4, 0.5) is 0 Å². The fourth-order valence-electron chi connectivity index (χ4n) is 2.80. The lowest BCUT2D eigenvalue weighted by atomic mass is 10.2. The van der Waals surface area contributed by atoms with Gasteiger partial charge in [0.25, 0.3) is 0 Å². The summed E-state index contributed by atoms with van der Waals surface area (Å²) in [5.41, 5.74) is 0. The Hall–Kier alpha value is -1.64. The summed E-state index contributed by atoms with van der Waals surface area (Å²) in [6, 6.07) is 6.21. The number of rotatable bonds is 6. The summed E-state index contributed by atoms with van der Waals surface area (Å²) in [4.78, 5) is 14.4. The molecule has 0 radical (unpaired) electrons. The number of hydrogen-bond donors (Lipinski definition) is 1. The van der Waals surface area contributed by atoms with Crippen molar-refractivity contribution < 1.29 is 17.9 Å². The van der Waals surface area contributed by atoms with E-state index >= 15 is 0 Å². The topological polar surface area (TPSA) is 79.0 Å². The number of sulfonamides is 1. The number of ether oxygens (including phenoxy) is 1. The summed E-state index contributed by atoms with van der Waals surface area (Å²) in [5.74, 6) is 0.593. The lowest BCUT2D eigenvalue weighted by molar-refractivity contribution is -0.126. The molecule has 1 aromatic carbocycles. The first kappa shape index (κ1) is 19.7. The lowest BCUT2D eigenvalue weighted by Gasteiger charge is -2.37. The van der Waals surface area contributed by atoms with E-state index in [9.17, 15) is 13.2 Å². The second kappa shape index (κ2) is 8.16. The van der Waals surface area contributed by atoms with Crippen LogP contribution in [0, 0.1) is 0 Å². The van der Waals surface area contributed by atoms with Gasteiger partial charge in [-0.15, -0.1) is 0 Å². The first-order chi connectivity index (χ1) is 11.8. The van der Waals surface area contributed by atoms with Gasteiger partial charge in [-0.2, -0.15) is 4.31 Å². The highest BCUT2D eigenvalue weighted by Gasteiger charge is 2.31. The van der Waals surface area contributed by atoms with Gasteiger partial charge in [0.1, 0.15) is 5.75 Å². The molecule has 1 saturated heterocycles. The number of hydrogen-bond acceptors (Lipinski definition) is 5. The first-order valence-corrected chi connectivity index (χ1v) is 9.88. The predicted molar refractivity (Wildman–Crippen MR) is 96.1 cm³/mol. The SMILES string of the molecule is COc1ccc(S(=O)(=O)N2CCN([C@H](C)C(=O)NC(C)C)CC2)cc1. The zero-order chi connectivity index (χ0) is 18.6. The number of methoxy groups -OCH3 is 1. The van der Waals surface area contributed by atoms with E-state index < -0.39 is 10.0 Å². The molecule has 0 saturated carbocycles. The van der Waals surface area contributed by atoms with Gasteiger partial charge in [0.2, 0.25) is 15.9 Å². The second-order valence-corrected chi connectivity index (χ2v) is 8.39. The molecule has 0 spiro atoms. The number of amides is 1. The standard InChI is InChI=1S/C17H27N3O4S/c1-13(2)18-17(21)14(3)19-9-11-20(12-10-19)25(22,23)16-7-5-15(24-4)6-8-16/h5-8,13-14H,9-12H2,1-4H3,(H,18,21)/t14-/m1/s1. The molecule has 1 N–H and O–H groups in total. The average molecular weight is 369 g/mol. The van der Waals surface area contributed by atoms with Crippen LogP contribution in [0.5, 0.6) is 5.75 Å². The van der Waals surface area contributed by atoms with Gasteiger partial charge in [0, 0.05) is 32.2 Å². The third-order valence-corrected chi connectivity index (χ3v) is 6.24. The molecular formula is C17H27N3O4S. The molecule has 1 heterocycles. The molecule has 0 bridgehead atoms. The minimum atomic E-state index is -3.52. The van der Waals surface area contributed by atoms with Crippen LogP contribution in [0.1, 0.15) is 20.8 Å². The van der Waals surface area contributed by atoms with E-state index in [0.717, 1.165) is 0 Å².